The van der Waals surface area contributed by atoms with Crippen molar-refractivity contribution in [1.82, 2.24) is 4.98 Å². The summed E-state index contributed by atoms with van der Waals surface area (Å²) in [6, 6.07) is 4.98. The Hall–Kier alpha value is -1.88. The molecule has 0 radical (unpaired) electrons. The number of halogens is 3. The van der Waals surface area contributed by atoms with Crippen LogP contribution >= 0.6 is 11.6 Å². The summed E-state index contributed by atoms with van der Waals surface area (Å²) >= 11 is 5.64. The van der Waals surface area contributed by atoms with E-state index in [-0.39, 0.29) is 17.3 Å². The Morgan fingerprint density at radius 2 is 2.06 bits per heavy atom. The molecule has 88 valence electrons. The van der Waals surface area contributed by atoms with Gasteiger partial charge in [0.1, 0.15) is 0 Å². The normalized spacial score (nSPS) is 10.3. The topological polar surface area (TPSA) is 48.1 Å². The lowest BCUT2D eigenvalue weighted by atomic mass is 10.3. The third kappa shape index (κ3) is 2.45. The number of aromatic nitrogens is 1. The van der Waals surface area contributed by atoms with Gasteiger partial charge in [-0.2, -0.15) is 4.39 Å². The van der Waals surface area contributed by atoms with Crippen LogP contribution in [0.4, 0.5) is 14.5 Å². The largest absolute Gasteiger partial charge is 0.434 e. The van der Waals surface area contributed by atoms with Gasteiger partial charge in [0.05, 0.1) is 10.7 Å². The van der Waals surface area contributed by atoms with Gasteiger partial charge in [0, 0.05) is 6.20 Å². The molecule has 1 aromatic carbocycles. The van der Waals surface area contributed by atoms with Crippen molar-refractivity contribution in [3.05, 3.63) is 47.1 Å². The van der Waals surface area contributed by atoms with E-state index in [9.17, 15) is 8.78 Å². The molecule has 0 spiro atoms. The molecule has 0 fully saturated rings. The number of ether oxygens (including phenoxy) is 1. The zero-order valence-corrected chi connectivity index (χ0v) is 9.21. The van der Waals surface area contributed by atoms with E-state index < -0.39 is 11.6 Å². The molecular formula is C11H7ClF2N2O. The first kappa shape index (κ1) is 11.6. The number of hydrogen-bond donors (Lipinski definition) is 1. The molecule has 0 aliphatic carbocycles. The van der Waals surface area contributed by atoms with Crippen LogP contribution in [0.2, 0.25) is 5.02 Å². The molecule has 2 N–H and O–H groups in total. The van der Waals surface area contributed by atoms with Crippen LogP contribution in [0.5, 0.6) is 11.6 Å². The predicted octanol–water partition coefficient (Wildman–Crippen LogP) is 3.39. The number of benzene rings is 1. The van der Waals surface area contributed by atoms with Crippen LogP contribution in [0.1, 0.15) is 0 Å². The van der Waals surface area contributed by atoms with Crippen molar-refractivity contribution in [2.24, 2.45) is 0 Å². The maximum atomic E-state index is 13.3. The van der Waals surface area contributed by atoms with Crippen LogP contribution in [0.25, 0.3) is 0 Å². The molecule has 0 bridgehead atoms. The molecule has 0 aliphatic heterocycles. The van der Waals surface area contributed by atoms with Gasteiger partial charge < -0.3 is 10.5 Å². The minimum absolute atomic E-state index is 0.0288. The number of pyridine rings is 1. The summed E-state index contributed by atoms with van der Waals surface area (Å²) in [4.78, 5) is 3.78. The second-order valence-electron chi connectivity index (χ2n) is 3.20. The first-order valence-electron chi connectivity index (χ1n) is 4.61. The molecule has 0 amide bonds. The van der Waals surface area contributed by atoms with Crippen LogP contribution in [0.15, 0.2) is 30.5 Å². The van der Waals surface area contributed by atoms with E-state index >= 15 is 0 Å². The van der Waals surface area contributed by atoms with Crippen LogP contribution in [0, 0.1) is 11.6 Å². The molecule has 2 aromatic rings. The third-order valence-electron chi connectivity index (χ3n) is 1.97. The first-order valence-corrected chi connectivity index (χ1v) is 4.98. The van der Waals surface area contributed by atoms with Gasteiger partial charge in [-0.05, 0) is 18.2 Å². The highest BCUT2D eigenvalue weighted by Gasteiger charge is 2.12. The van der Waals surface area contributed by atoms with Crippen molar-refractivity contribution < 1.29 is 13.5 Å². The van der Waals surface area contributed by atoms with Crippen molar-refractivity contribution in [1.29, 1.82) is 0 Å². The molecule has 2 rings (SSSR count). The van der Waals surface area contributed by atoms with Gasteiger partial charge in [-0.25, -0.2) is 9.37 Å². The lowest BCUT2D eigenvalue weighted by molar-refractivity contribution is 0.407. The van der Waals surface area contributed by atoms with Gasteiger partial charge in [-0.1, -0.05) is 17.7 Å². The Morgan fingerprint density at radius 3 is 2.76 bits per heavy atom. The average Bonchev–Trinajstić information content (AvgIpc) is 2.28. The molecule has 0 aliphatic rings. The summed E-state index contributed by atoms with van der Waals surface area (Å²) < 4.78 is 31.3. The molecule has 6 heteroatoms. The Kier molecular flexibility index (Phi) is 3.10. The van der Waals surface area contributed by atoms with Crippen LogP contribution < -0.4 is 10.5 Å². The summed E-state index contributed by atoms with van der Waals surface area (Å²) in [5, 5.41) is 0.328. The minimum atomic E-state index is -1.09. The second kappa shape index (κ2) is 4.55. The highest BCUT2D eigenvalue weighted by Crippen LogP contribution is 2.29. The maximum absolute atomic E-state index is 13.3. The third-order valence-corrected chi connectivity index (χ3v) is 2.17. The van der Waals surface area contributed by atoms with Crippen LogP contribution in [0.3, 0.4) is 0 Å². The van der Waals surface area contributed by atoms with Gasteiger partial charge in [0.25, 0.3) is 0 Å². The molecule has 17 heavy (non-hydrogen) atoms. The zero-order chi connectivity index (χ0) is 12.4. The van der Waals surface area contributed by atoms with Crippen molar-refractivity contribution >= 4 is 17.3 Å². The fourth-order valence-corrected chi connectivity index (χ4v) is 1.36. The van der Waals surface area contributed by atoms with E-state index in [0.717, 1.165) is 6.07 Å². The van der Waals surface area contributed by atoms with E-state index in [4.69, 9.17) is 22.1 Å². The number of hydrogen-bond acceptors (Lipinski definition) is 3. The molecule has 1 aromatic heterocycles. The Bertz CT molecular complexity index is 563. The maximum Gasteiger partial charge on any atom is 0.242 e. The van der Waals surface area contributed by atoms with Crippen molar-refractivity contribution in [3.63, 3.8) is 0 Å². The van der Waals surface area contributed by atoms with Gasteiger partial charge in [0.2, 0.25) is 11.7 Å². The van der Waals surface area contributed by atoms with Crippen LogP contribution in [-0.4, -0.2) is 4.98 Å². The monoisotopic (exact) mass is 256 g/mol. The smallest absolute Gasteiger partial charge is 0.242 e. The molecule has 3 nitrogen and oxygen atoms in total. The van der Waals surface area contributed by atoms with E-state index in [1.54, 1.807) is 0 Å². The second-order valence-corrected chi connectivity index (χ2v) is 3.64. The van der Waals surface area contributed by atoms with Gasteiger partial charge in [-0.3, -0.25) is 0 Å². The van der Waals surface area contributed by atoms with E-state index in [2.05, 4.69) is 4.98 Å². The highest BCUT2D eigenvalue weighted by atomic mass is 35.5. The number of nitrogens with two attached hydrogens (primary N) is 1. The van der Waals surface area contributed by atoms with E-state index in [1.165, 1.54) is 24.4 Å². The molecule has 0 saturated carbocycles. The molecular weight excluding hydrogens is 250 g/mol. The van der Waals surface area contributed by atoms with E-state index in [1.807, 2.05) is 0 Å². The zero-order valence-electron chi connectivity index (χ0n) is 8.45. The fourth-order valence-electron chi connectivity index (χ4n) is 1.19. The average molecular weight is 257 g/mol. The summed E-state index contributed by atoms with van der Waals surface area (Å²) in [6.45, 7) is 0. The standard InChI is InChI=1S/C11H7ClF2N2O/c12-6-4-8(15)11(16-5-6)17-9-3-1-2-7(13)10(9)14/h1-5H,15H2. The Labute approximate surface area is 101 Å². The lowest BCUT2D eigenvalue weighted by Crippen LogP contribution is -1.97. The Balaban J connectivity index is 2.35. The number of nitrogen functional groups attached to an aromatic ring is 1. The van der Waals surface area contributed by atoms with Crippen molar-refractivity contribution in [2.75, 3.05) is 5.73 Å². The molecule has 0 unspecified atom stereocenters. The predicted molar refractivity (Wildman–Crippen MR) is 60.1 cm³/mol. The summed E-state index contributed by atoms with van der Waals surface area (Å²) in [5.41, 5.74) is 5.71. The minimum Gasteiger partial charge on any atom is -0.434 e. The number of anilines is 1. The molecule has 0 atom stereocenters. The number of nitrogens with zero attached hydrogens (tertiary/aromatic N) is 1. The SMILES string of the molecule is Nc1cc(Cl)cnc1Oc1cccc(F)c1F. The Morgan fingerprint density at radius 1 is 1.29 bits per heavy atom. The van der Waals surface area contributed by atoms with E-state index in [0.29, 0.717) is 5.02 Å². The van der Waals surface area contributed by atoms with Gasteiger partial charge in [0.15, 0.2) is 11.6 Å². The fraction of sp³-hybridized carbons (Fsp3) is 0. The summed E-state index contributed by atoms with van der Waals surface area (Å²) in [5.74, 6) is -2.41. The van der Waals surface area contributed by atoms with Crippen molar-refractivity contribution in [2.45, 2.75) is 0 Å². The highest BCUT2D eigenvalue weighted by molar-refractivity contribution is 6.30. The summed E-state index contributed by atoms with van der Waals surface area (Å²) in [7, 11) is 0. The lowest BCUT2D eigenvalue weighted by Gasteiger charge is -2.08. The van der Waals surface area contributed by atoms with Crippen LogP contribution in [-0.2, 0) is 0 Å². The molecule has 0 saturated heterocycles. The van der Waals surface area contributed by atoms with Gasteiger partial charge in [-0.15, -0.1) is 0 Å². The van der Waals surface area contributed by atoms with Crippen molar-refractivity contribution in [3.8, 4) is 11.6 Å². The summed E-state index contributed by atoms with van der Waals surface area (Å²) in [6.07, 6.45) is 1.30. The quantitative estimate of drug-likeness (QED) is 0.896. The molecule has 1 heterocycles. The van der Waals surface area contributed by atoms with Gasteiger partial charge >= 0.3 is 0 Å². The number of rotatable bonds is 2. The first-order chi connectivity index (χ1) is 8.08.